The summed E-state index contributed by atoms with van der Waals surface area (Å²) in [7, 11) is 0. The van der Waals surface area contributed by atoms with E-state index in [0.29, 0.717) is 12.0 Å². The van der Waals surface area contributed by atoms with Crippen molar-refractivity contribution < 1.29 is 9.84 Å². The summed E-state index contributed by atoms with van der Waals surface area (Å²) in [6, 6.07) is 16.9. The second-order valence-corrected chi connectivity index (χ2v) is 9.84. The van der Waals surface area contributed by atoms with Crippen LogP contribution in [0.4, 0.5) is 0 Å². The van der Waals surface area contributed by atoms with Gasteiger partial charge >= 0.3 is 0 Å². The van der Waals surface area contributed by atoms with Gasteiger partial charge in [0.25, 0.3) is 0 Å². The average molecular weight is 428 g/mol. The van der Waals surface area contributed by atoms with E-state index in [9.17, 15) is 5.11 Å². The maximum atomic E-state index is 11.3. The van der Waals surface area contributed by atoms with Gasteiger partial charge in [-0.25, -0.2) is 0 Å². The van der Waals surface area contributed by atoms with Gasteiger partial charge in [-0.2, -0.15) is 0 Å². The predicted octanol–water partition coefficient (Wildman–Crippen LogP) is 5.61. The van der Waals surface area contributed by atoms with Crippen molar-refractivity contribution >= 4 is 11.6 Å². The number of rotatable bonds is 7. The Hall–Kier alpha value is -1.55. The van der Waals surface area contributed by atoms with Crippen LogP contribution < -0.4 is 4.74 Å². The number of aryl methyl sites for hydroxylation is 1. The minimum Gasteiger partial charge on any atom is -0.493 e. The standard InChI is InChI=1S/C26H34ClNO2/c1-19-4-12-24(13-5-19)30-18-21-7-6-20(2)28(16-21)17-25(29)26(14-3-15-26)22-8-10-23(27)11-9-22/h4-5,8-13,20-21,25,29H,3,6-7,14-18H2,1-2H3/t20-,21+,25+/m0/s1. The molecule has 162 valence electrons. The number of nitrogens with zero attached hydrogens (tertiary/aromatic N) is 1. The van der Waals surface area contributed by atoms with Crippen molar-refractivity contribution in [1.82, 2.24) is 4.90 Å². The molecule has 0 bridgehead atoms. The predicted molar refractivity (Wildman–Crippen MR) is 123 cm³/mol. The maximum Gasteiger partial charge on any atom is 0.119 e. The van der Waals surface area contributed by atoms with Crippen molar-refractivity contribution in [3.8, 4) is 5.75 Å². The van der Waals surface area contributed by atoms with Gasteiger partial charge in [0.1, 0.15) is 5.75 Å². The Labute approximate surface area is 186 Å². The molecular formula is C26H34ClNO2. The quantitative estimate of drug-likeness (QED) is 0.623. The van der Waals surface area contributed by atoms with Gasteiger partial charge in [-0.1, -0.05) is 47.9 Å². The summed E-state index contributed by atoms with van der Waals surface area (Å²) >= 11 is 6.09. The molecule has 2 aromatic carbocycles. The molecular weight excluding hydrogens is 394 g/mol. The lowest BCUT2D eigenvalue weighted by Crippen LogP contribution is -2.54. The molecule has 1 N–H and O–H groups in total. The van der Waals surface area contributed by atoms with Crippen LogP contribution in [0.1, 0.15) is 50.2 Å². The summed E-state index contributed by atoms with van der Waals surface area (Å²) in [5, 5.41) is 12.1. The van der Waals surface area contributed by atoms with E-state index in [2.05, 4.69) is 55.1 Å². The Kier molecular flexibility index (Phi) is 6.72. The van der Waals surface area contributed by atoms with Crippen LogP contribution in [0.15, 0.2) is 48.5 Å². The molecule has 2 fully saturated rings. The van der Waals surface area contributed by atoms with Crippen LogP contribution in [-0.2, 0) is 5.41 Å². The monoisotopic (exact) mass is 427 g/mol. The highest BCUT2D eigenvalue weighted by Gasteiger charge is 2.46. The smallest absolute Gasteiger partial charge is 0.119 e. The first-order valence-corrected chi connectivity index (χ1v) is 11.7. The number of hydrogen-bond acceptors (Lipinski definition) is 3. The largest absolute Gasteiger partial charge is 0.493 e. The fourth-order valence-electron chi connectivity index (χ4n) is 5.05. The molecule has 1 saturated heterocycles. The third-order valence-electron chi connectivity index (χ3n) is 7.33. The van der Waals surface area contributed by atoms with Gasteiger partial charge in [-0.15, -0.1) is 0 Å². The van der Waals surface area contributed by atoms with E-state index in [1.807, 2.05) is 12.1 Å². The molecule has 3 atom stereocenters. The summed E-state index contributed by atoms with van der Waals surface area (Å²) in [6.07, 6.45) is 5.27. The number of halogens is 1. The van der Waals surface area contributed by atoms with Gasteiger partial charge in [-0.05, 0) is 69.4 Å². The number of likely N-dealkylation sites (tertiary alicyclic amines) is 1. The lowest BCUT2D eigenvalue weighted by atomic mass is 9.61. The number of piperidine rings is 1. The molecule has 30 heavy (non-hydrogen) atoms. The Morgan fingerprint density at radius 2 is 1.80 bits per heavy atom. The number of β-amino-alcohol motifs (C(OH)–C–C–N with tert-alkyl or cyclic N) is 1. The molecule has 0 radical (unpaired) electrons. The number of aliphatic hydroxyl groups excluding tert-OH is 1. The van der Waals surface area contributed by atoms with E-state index in [-0.39, 0.29) is 11.5 Å². The molecule has 1 heterocycles. The molecule has 1 aliphatic heterocycles. The second-order valence-electron chi connectivity index (χ2n) is 9.40. The number of benzene rings is 2. The number of hydrogen-bond donors (Lipinski definition) is 1. The summed E-state index contributed by atoms with van der Waals surface area (Å²) < 4.78 is 6.07. The molecule has 4 heteroatoms. The molecule has 3 nitrogen and oxygen atoms in total. The number of aliphatic hydroxyl groups is 1. The van der Waals surface area contributed by atoms with E-state index in [1.165, 1.54) is 24.0 Å². The van der Waals surface area contributed by atoms with E-state index >= 15 is 0 Å². The first-order chi connectivity index (χ1) is 14.5. The molecule has 2 aromatic rings. The zero-order chi connectivity index (χ0) is 21.1. The summed E-state index contributed by atoms with van der Waals surface area (Å²) in [5.41, 5.74) is 2.37. The highest BCUT2D eigenvalue weighted by Crippen LogP contribution is 2.47. The molecule has 0 spiro atoms. The van der Waals surface area contributed by atoms with E-state index in [0.717, 1.165) is 49.7 Å². The molecule has 0 aromatic heterocycles. The lowest BCUT2D eigenvalue weighted by molar-refractivity contribution is -0.0214. The average Bonchev–Trinajstić information content (AvgIpc) is 2.70. The topological polar surface area (TPSA) is 32.7 Å². The van der Waals surface area contributed by atoms with E-state index in [4.69, 9.17) is 16.3 Å². The summed E-state index contributed by atoms with van der Waals surface area (Å²) in [4.78, 5) is 2.48. The van der Waals surface area contributed by atoms with Crippen molar-refractivity contribution in [3.63, 3.8) is 0 Å². The van der Waals surface area contributed by atoms with Crippen LogP contribution in [0.5, 0.6) is 5.75 Å². The van der Waals surface area contributed by atoms with Crippen LogP contribution in [0.25, 0.3) is 0 Å². The fourth-order valence-corrected chi connectivity index (χ4v) is 5.18. The first kappa shape index (κ1) is 21.7. The van der Waals surface area contributed by atoms with Crippen molar-refractivity contribution in [2.24, 2.45) is 5.92 Å². The highest BCUT2D eigenvalue weighted by molar-refractivity contribution is 6.30. The third-order valence-corrected chi connectivity index (χ3v) is 7.58. The zero-order valence-electron chi connectivity index (χ0n) is 18.2. The second kappa shape index (κ2) is 9.30. The lowest BCUT2D eigenvalue weighted by Gasteiger charge is -2.49. The maximum absolute atomic E-state index is 11.3. The Morgan fingerprint density at radius 3 is 2.43 bits per heavy atom. The van der Waals surface area contributed by atoms with Crippen LogP contribution >= 0.6 is 11.6 Å². The molecule has 4 rings (SSSR count). The van der Waals surface area contributed by atoms with Gasteiger partial charge < -0.3 is 9.84 Å². The normalized spacial score (nSPS) is 24.8. The Bertz CT molecular complexity index is 816. The first-order valence-electron chi connectivity index (χ1n) is 11.3. The van der Waals surface area contributed by atoms with E-state index in [1.54, 1.807) is 0 Å². The van der Waals surface area contributed by atoms with Crippen LogP contribution in [0.2, 0.25) is 5.02 Å². The van der Waals surface area contributed by atoms with Crippen molar-refractivity contribution in [2.75, 3.05) is 19.7 Å². The zero-order valence-corrected chi connectivity index (χ0v) is 18.9. The minimum atomic E-state index is -0.355. The molecule has 1 aliphatic carbocycles. The molecule has 0 unspecified atom stereocenters. The molecule has 1 saturated carbocycles. The van der Waals surface area contributed by atoms with Crippen LogP contribution in [0, 0.1) is 12.8 Å². The highest BCUT2D eigenvalue weighted by atomic mass is 35.5. The van der Waals surface area contributed by atoms with E-state index < -0.39 is 0 Å². The molecule has 0 amide bonds. The van der Waals surface area contributed by atoms with Gasteiger partial charge in [-0.3, -0.25) is 4.90 Å². The fraction of sp³-hybridized carbons (Fsp3) is 0.538. The van der Waals surface area contributed by atoms with Crippen molar-refractivity contribution in [2.45, 2.75) is 63.5 Å². The van der Waals surface area contributed by atoms with Gasteiger partial charge in [0, 0.05) is 35.5 Å². The summed E-state index contributed by atoms with van der Waals surface area (Å²) in [5.74, 6) is 1.45. The van der Waals surface area contributed by atoms with Crippen molar-refractivity contribution in [1.29, 1.82) is 0 Å². The van der Waals surface area contributed by atoms with Gasteiger partial charge in [0.05, 0.1) is 12.7 Å². The van der Waals surface area contributed by atoms with Crippen LogP contribution in [0.3, 0.4) is 0 Å². The van der Waals surface area contributed by atoms with Crippen LogP contribution in [-0.4, -0.2) is 41.8 Å². The minimum absolute atomic E-state index is 0.115. The number of ether oxygens (including phenoxy) is 1. The SMILES string of the molecule is Cc1ccc(OC[C@@H]2CC[C@H](C)N(C[C@@H](O)C3(c4ccc(Cl)cc4)CCC3)C2)cc1. The van der Waals surface area contributed by atoms with Crippen molar-refractivity contribution in [3.05, 3.63) is 64.7 Å². The molecule has 2 aliphatic rings. The van der Waals surface area contributed by atoms with Gasteiger partial charge in [0.15, 0.2) is 0 Å². The Balaban J connectivity index is 1.37. The summed E-state index contributed by atoms with van der Waals surface area (Å²) in [6.45, 7) is 6.84. The third kappa shape index (κ3) is 4.69. The Morgan fingerprint density at radius 1 is 1.10 bits per heavy atom. The van der Waals surface area contributed by atoms with Gasteiger partial charge in [0.2, 0.25) is 0 Å².